The van der Waals surface area contributed by atoms with Gasteiger partial charge >= 0.3 is 0 Å². The largest absolute Gasteiger partial charge is 0.550 e. The Hall–Kier alpha value is -0.570. The van der Waals surface area contributed by atoms with Gasteiger partial charge in [-0.25, -0.2) is 0 Å². The highest BCUT2D eigenvalue weighted by molar-refractivity contribution is 5.63. The van der Waals surface area contributed by atoms with Gasteiger partial charge in [0.25, 0.3) is 0 Å². The Kier molecular flexibility index (Phi) is 25.0. The van der Waals surface area contributed by atoms with Crippen LogP contribution in [0.5, 0.6) is 0 Å². The molecular formula is C26H55NO2. The summed E-state index contributed by atoms with van der Waals surface area (Å²) in [4.78, 5) is 9.92. The van der Waals surface area contributed by atoms with Crippen LogP contribution in [0.1, 0.15) is 136 Å². The fourth-order valence-electron chi connectivity index (χ4n) is 3.63. The highest BCUT2D eigenvalue weighted by Crippen LogP contribution is 2.11. The lowest BCUT2D eigenvalue weighted by Gasteiger charge is -2.30. The monoisotopic (exact) mass is 413 g/mol. The molecule has 0 spiro atoms. The number of unbranched alkanes of at least 4 members (excludes halogenated alkanes) is 14. The average molecular weight is 414 g/mol. The lowest BCUT2D eigenvalue weighted by Crippen LogP contribution is -2.41. The molecule has 0 fully saturated rings. The van der Waals surface area contributed by atoms with E-state index in [0.717, 1.165) is 19.3 Å². The van der Waals surface area contributed by atoms with Gasteiger partial charge < -0.3 is 14.4 Å². The first kappa shape index (κ1) is 30.6. The molecule has 0 aromatic heterocycles. The van der Waals surface area contributed by atoms with Gasteiger partial charge in [-0.1, -0.05) is 97.8 Å². The summed E-state index contributed by atoms with van der Waals surface area (Å²) in [5.41, 5.74) is 0. The molecule has 0 aliphatic rings. The maximum Gasteiger partial charge on any atom is 0.0782 e. The molecule has 29 heavy (non-hydrogen) atoms. The minimum atomic E-state index is -0.920. The lowest BCUT2D eigenvalue weighted by atomic mass is 10.1. The first-order valence-electron chi connectivity index (χ1n) is 12.9. The summed E-state index contributed by atoms with van der Waals surface area (Å²) in [5, 5.41) is 9.92. The van der Waals surface area contributed by atoms with Crippen LogP contribution in [-0.2, 0) is 4.79 Å². The number of carboxylic acids is 1. The Morgan fingerprint density at radius 1 is 0.552 bits per heavy atom. The van der Waals surface area contributed by atoms with Crippen molar-refractivity contribution in [1.82, 2.24) is 0 Å². The van der Waals surface area contributed by atoms with Gasteiger partial charge in [-0.15, -0.1) is 0 Å². The van der Waals surface area contributed by atoms with Crippen molar-refractivity contribution in [2.24, 2.45) is 0 Å². The van der Waals surface area contributed by atoms with Gasteiger partial charge in [-0.2, -0.15) is 0 Å². The van der Waals surface area contributed by atoms with E-state index in [1.54, 1.807) is 0 Å². The number of carbonyl (C=O) groups is 1. The summed E-state index contributed by atoms with van der Waals surface area (Å²) < 4.78 is 1.24. The van der Waals surface area contributed by atoms with E-state index in [1.807, 2.05) is 0 Å². The number of carbonyl (C=O) groups excluding carboxylic acids is 1. The van der Waals surface area contributed by atoms with E-state index in [9.17, 15) is 9.90 Å². The normalized spacial score (nSPS) is 11.2. The van der Waals surface area contributed by atoms with Crippen molar-refractivity contribution in [1.29, 1.82) is 0 Å². The van der Waals surface area contributed by atoms with E-state index >= 15 is 0 Å². The third-order valence-corrected chi connectivity index (χ3v) is 5.72. The van der Waals surface area contributed by atoms with E-state index in [2.05, 4.69) is 34.9 Å². The van der Waals surface area contributed by atoms with Crippen LogP contribution >= 0.6 is 0 Å². The summed E-state index contributed by atoms with van der Waals surface area (Å²) in [6.07, 6.45) is 22.7. The van der Waals surface area contributed by atoms with Crippen LogP contribution in [0.2, 0.25) is 0 Å². The molecule has 3 heteroatoms. The zero-order valence-corrected chi connectivity index (χ0v) is 20.9. The molecule has 0 atom stereocenters. The quantitative estimate of drug-likeness (QED) is 0.161. The molecule has 0 aromatic rings. The van der Waals surface area contributed by atoms with Gasteiger partial charge in [0.05, 0.1) is 27.2 Å². The molecular weight excluding hydrogens is 358 g/mol. The topological polar surface area (TPSA) is 40.1 Å². The average Bonchev–Trinajstić information content (AvgIpc) is 2.67. The summed E-state index contributed by atoms with van der Waals surface area (Å²) in [6.45, 7) is 9.47. The standard InChI is InChI=1S/C18H40N.C8H16O2/c1-5-7-9-11-13-15-17-19(3,4)18-16-14-12-10-8-6-2;1-2-3-4-5-6-7-8(9)10/h5-18H2,1-4H3;2-7H2,1H3,(H,9,10)/q+1;/p-1. The molecule has 0 aliphatic carbocycles. The summed E-state index contributed by atoms with van der Waals surface area (Å²) >= 11 is 0. The maximum atomic E-state index is 9.92. The molecule has 0 radical (unpaired) electrons. The second-order valence-electron chi connectivity index (χ2n) is 9.45. The van der Waals surface area contributed by atoms with Crippen molar-refractivity contribution in [2.75, 3.05) is 27.2 Å². The smallest absolute Gasteiger partial charge is 0.0782 e. The van der Waals surface area contributed by atoms with Crippen molar-refractivity contribution < 1.29 is 14.4 Å². The van der Waals surface area contributed by atoms with Crippen molar-refractivity contribution in [3.05, 3.63) is 0 Å². The fraction of sp³-hybridized carbons (Fsp3) is 0.962. The number of hydrogen-bond acceptors (Lipinski definition) is 2. The molecule has 176 valence electrons. The summed E-state index contributed by atoms with van der Waals surface area (Å²) in [5.74, 6) is -0.920. The first-order chi connectivity index (χ1) is 13.9. The van der Waals surface area contributed by atoms with Gasteiger partial charge in [0, 0.05) is 5.97 Å². The second kappa shape index (κ2) is 23.7. The van der Waals surface area contributed by atoms with Crippen LogP contribution in [0.15, 0.2) is 0 Å². The number of carboxylic acid groups (broad SMARTS) is 1. The SMILES string of the molecule is CCCCCCCC(=O)[O-].CCCCCCCC[N+](C)(C)CCCCCCCC. The summed E-state index contributed by atoms with van der Waals surface area (Å²) in [7, 11) is 4.83. The fourth-order valence-corrected chi connectivity index (χ4v) is 3.63. The molecule has 0 saturated heterocycles. The Morgan fingerprint density at radius 3 is 1.21 bits per heavy atom. The van der Waals surface area contributed by atoms with Crippen LogP contribution < -0.4 is 5.11 Å². The van der Waals surface area contributed by atoms with Gasteiger partial charge in [-0.05, 0) is 38.5 Å². The summed E-state index contributed by atoms with van der Waals surface area (Å²) in [6, 6.07) is 0. The number of quaternary nitrogens is 1. The predicted molar refractivity (Wildman–Crippen MR) is 127 cm³/mol. The van der Waals surface area contributed by atoms with Crippen molar-refractivity contribution in [3.8, 4) is 0 Å². The van der Waals surface area contributed by atoms with Gasteiger partial charge in [0.2, 0.25) is 0 Å². The van der Waals surface area contributed by atoms with E-state index in [0.29, 0.717) is 0 Å². The van der Waals surface area contributed by atoms with E-state index in [4.69, 9.17) is 0 Å². The Balaban J connectivity index is 0. The Bertz CT molecular complexity index is 311. The molecule has 0 rings (SSSR count). The lowest BCUT2D eigenvalue weighted by molar-refractivity contribution is -0.890. The molecule has 0 bridgehead atoms. The number of rotatable bonds is 20. The second-order valence-corrected chi connectivity index (χ2v) is 9.45. The highest BCUT2D eigenvalue weighted by Gasteiger charge is 2.13. The van der Waals surface area contributed by atoms with Gasteiger partial charge in [0.1, 0.15) is 0 Å². The van der Waals surface area contributed by atoms with E-state index in [1.165, 1.54) is 107 Å². The predicted octanol–water partition coefficient (Wildman–Crippen LogP) is 6.88. The van der Waals surface area contributed by atoms with Crippen molar-refractivity contribution in [2.45, 2.75) is 136 Å². The van der Waals surface area contributed by atoms with Gasteiger partial charge in [0.15, 0.2) is 0 Å². The van der Waals surface area contributed by atoms with Crippen molar-refractivity contribution in [3.63, 3.8) is 0 Å². The Morgan fingerprint density at radius 2 is 0.862 bits per heavy atom. The molecule has 3 nitrogen and oxygen atoms in total. The van der Waals surface area contributed by atoms with E-state index in [-0.39, 0.29) is 6.42 Å². The molecule has 0 N–H and O–H groups in total. The minimum Gasteiger partial charge on any atom is -0.550 e. The van der Waals surface area contributed by atoms with Crippen LogP contribution in [0.25, 0.3) is 0 Å². The number of aliphatic carboxylic acids is 1. The third kappa shape index (κ3) is 29.7. The highest BCUT2D eigenvalue weighted by atomic mass is 16.4. The van der Waals surface area contributed by atoms with Crippen LogP contribution in [-0.4, -0.2) is 37.6 Å². The molecule has 0 amide bonds. The zero-order chi connectivity index (χ0) is 22.2. The first-order valence-corrected chi connectivity index (χ1v) is 12.9. The van der Waals surface area contributed by atoms with Crippen LogP contribution in [0, 0.1) is 0 Å². The minimum absolute atomic E-state index is 0.226. The molecule has 0 unspecified atom stereocenters. The maximum absolute atomic E-state index is 9.92. The zero-order valence-electron chi connectivity index (χ0n) is 20.9. The molecule has 0 aromatic carbocycles. The number of hydrogen-bond donors (Lipinski definition) is 0. The number of nitrogens with zero attached hydrogens (tertiary/aromatic N) is 1. The molecule has 0 heterocycles. The third-order valence-electron chi connectivity index (χ3n) is 5.72. The Labute approximate surface area is 184 Å². The van der Waals surface area contributed by atoms with Crippen LogP contribution in [0.4, 0.5) is 0 Å². The molecule has 0 saturated carbocycles. The van der Waals surface area contributed by atoms with Crippen LogP contribution in [0.3, 0.4) is 0 Å². The van der Waals surface area contributed by atoms with Crippen molar-refractivity contribution >= 4 is 5.97 Å². The van der Waals surface area contributed by atoms with Gasteiger partial charge in [-0.3, -0.25) is 0 Å². The molecule has 0 aliphatic heterocycles. The van der Waals surface area contributed by atoms with E-state index < -0.39 is 5.97 Å².